The van der Waals surface area contributed by atoms with Gasteiger partial charge in [-0.05, 0) is 12.0 Å². The molecule has 1 heterocycles. The van der Waals surface area contributed by atoms with E-state index in [-0.39, 0.29) is 17.8 Å². The largest absolute Gasteiger partial charge is 0.482 e. The first-order valence-corrected chi connectivity index (χ1v) is 4.96. The van der Waals surface area contributed by atoms with Crippen LogP contribution in [0.3, 0.4) is 0 Å². The first kappa shape index (κ1) is 9.25. The van der Waals surface area contributed by atoms with E-state index in [0.29, 0.717) is 6.42 Å². The smallest absolute Gasteiger partial charge is 0.178 e. The Morgan fingerprint density at radius 2 is 2.07 bits per heavy atom. The van der Waals surface area contributed by atoms with E-state index < -0.39 is 0 Å². The van der Waals surface area contributed by atoms with Crippen LogP contribution in [-0.2, 0) is 11.2 Å². The van der Waals surface area contributed by atoms with Gasteiger partial charge in [0.2, 0.25) is 0 Å². The lowest BCUT2D eigenvalue weighted by Crippen LogP contribution is -2.37. The molecule has 1 aromatic carbocycles. The Bertz CT molecular complexity index is 355. The zero-order valence-electron chi connectivity index (χ0n) is 8.49. The predicted molar refractivity (Wildman–Crippen MR) is 54.4 cm³/mol. The molecule has 14 heavy (non-hydrogen) atoms. The van der Waals surface area contributed by atoms with E-state index in [4.69, 9.17) is 4.74 Å². The second kappa shape index (κ2) is 3.45. The summed E-state index contributed by atoms with van der Waals surface area (Å²) in [5.41, 5.74) is 1.01. The topological polar surface area (TPSA) is 26.3 Å². The van der Waals surface area contributed by atoms with Crippen molar-refractivity contribution in [3.8, 4) is 5.75 Å². The zero-order valence-corrected chi connectivity index (χ0v) is 8.49. The molecule has 0 amide bonds. The van der Waals surface area contributed by atoms with Gasteiger partial charge >= 0.3 is 0 Å². The van der Waals surface area contributed by atoms with Gasteiger partial charge in [0.05, 0.1) is 0 Å². The second-order valence-electron chi connectivity index (χ2n) is 4.03. The Morgan fingerprint density at radius 3 is 2.79 bits per heavy atom. The third kappa shape index (κ3) is 1.52. The Labute approximate surface area is 83.9 Å². The molecule has 0 spiro atoms. The number of hydrogen-bond acceptors (Lipinski definition) is 2. The standard InChI is InChI=1S/C12H14O2/c1-8(2)12-10(13)7-9-5-3-4-6-11(9)14-12/h3-6,8,12H,7H2,1-2H3. The lowest BCUT2D eigenvalue weighted by atomic mass is 9.94. The Hall–Kier alpha value is -1.31. The fourth-order valence-corrected chi connectivity index (χ4v) is 1.76. The molecule has 1 unspecified atom stereocenters. The summed E-state index contributed by atoms with van der Waals surface area (Å²) < 4.78 is 5.66. The molecule has 1 aliphatic rings. The summed E-state index contributed by atoms with van der Waals surface area (Å²) in [6.45, 7) is 4.02. The van der Waals surface area contributed by atoms with Gasteiger partial charge in [0.25, 0.3) is 0 Å². The highest BCUT2D eigenvalue weighted by Gasteiger charge is 2.29. The van der Waals surface area contributed by atoms with E-state index in [0.717, 1.165) is 11.3 Å². The maximum Gasteiger partial charge on any atom is 0.178 e. The maximum atomic E-state index is 11.7. The minimum Gasteiger partial charge on any atom is -0.482 e. The number of ketones is 1. The molecular weight excluding hydrogens is 176 g/mol. The zero-order chi connectivity index (χ0) is 10.1. The highest BCUT2D eigenvalue weighted by Crippen LogP contribution is 2.27. The van der Waals surface area contributed by atoms with E-state index in [1.807, 2.05) is 38.1 Å². The summed E-state index contributed by atoms with van der Waals surface area (Å²) in [5.74, 6) is 1.31. The molecule has 0 aromatic heterocycles. The Kier molecular flexibility index (Phi) is 2.28. The summed E-state index contributed by atoms with van der Waals surface area (Å²) in [4.78, 5) is 11.7. The van der Waals surface area contributed by atoms with Gasteiger partial charge in [-0.25, -0.2) is 0 Å². The maximum absolute atomic E-state index is 11.7. The van der Waals surface area contributed by atoms with Crippen molar-refractivity contribution in [1.82, 2.24) is 0 Å². The third-order valence-electron chi connectivity index (χ3n) is 2.51. The average molecular weight is 190 g/mol. The van der Waals surface area contributed by atoms with Gasteiger partial charge in [-0.2, -0.15) is 0 Å². The van der Waals surface area contributed by atoms with E-state index in [9.17, 15) is 4.79 Å². The molecule has 2 rings (SSSR count). The molecule has 2 nitrogen and oxygen atoms in total. The molecule has 2 heteroatoms. The monoisotopic (exact) mass is 190 g/mol. The summed E-state index contributed by atoms with van der Waals surface area (Å²) in [6.07, 6.45) is 0.254. The number of Topliss-reactive ketones (excluding diaryl/α,β-unsaturated/α-hetero) is 1. The van der Waals surface area contributed by atoms with Gasteiger partial charge in [0, 0.05) is 12.0 Å². The minimum absolute atomic E-state index is 0.193. The fraction of sp³-hybridized carbons (Fsp3) is 0.417. The number of hydrogen-bond donors (Lipinski definition) is 0. The number of rotatable bonds is 1. The van der Waals surface area contributed by atoms with Gasteiger partial charge < -0.3 is 4.74 Å². The van der Waals surface area contributed by atoms with E-state index >= 15 is 0 Å². The summed E-state index contributed by atoms with van der Waals surface area (Å²) in [7, 11) is 0. The van der Waals surface area contributed by atoms with Crippen molar-refractivity contribution in [3.63, 3.8) is 0 Å². The highest BCUT2D eigenvalue weighted by molar-refractivity contribution is 5.87. The van der Waals surface area contributed by atoms with Gasteiger partial charge in [0.15, 0.2) is 11.9 Å². The van der Waals surface area contributed by atoms with Crippen molar-refractivity contribution in [2.24, 2.45) is 5.92 Å². The van der Waals surface area contributed by atoms with Gasteiger partial charge in [-0.15, -0.1) is 0 Å². The van der Waals surface area contributed by atoms with Crippen LogP contribution in [-0.4, -0.2) is 11.9 Å². The third-order valence-corrected chi connectivity index (χ3v) is 2.51. The van der Waals surface area contributed by atoms with Crippen molar-refractivity contribution in [2.75, 3.05) is 0 Å². The van der Waals surface area contributed by atoms with Crippen LogP contribution in [0.2, 0.25) is 0 Å². The molecular formula is C12H14O2. The van der Waals surface area contributed by atoms with E-state index in [1.54, 1.807) is 0 Å². The molecule has 0 N–H and O–H groups in total. The predicted octanol–water partition coefficient (Wildman–Crippen LogP) is 2.22. The number of benzene rings is 1. The molecule has 0 saturated heterocycles. The molecule has 0 aliphatic carbocycles. The quantitative estimate of drug-likeness (QED) is 0.678. The molecule has 0 fully saturated rings. The van der Waals surface area contributed by atoms with Crippen LogP contribution in [0.4, 0.5) is 0 Å². The number of carbonyl (C=O) groups excluding carboxylic acids is 1. The van der Waals surface area contributed by atoms with Crippen molar-refractivity contribution in [3.05, 3.63) is 29.8 Å². The van der Waals surface area contributed by atoms with Gasteiger partial charge in [-0.3, -0.25) is 4.79 Å². The number of fused-ring (bicyclic) bond motifs is 1. The molecule has 0 saturated carbocycles. The average Bonchev–Trinajstić information content (AvgIpc) is 2.16. The lowest BCUT2D eigenvalue weighted by molar-refractivity contribution is -0.128. The Morgan fingerprint density at radius 1 is 1.36 bits per heavy atom. The summed E-state index contributed by atoms with van der Waals surface area (Å²) >= 11 is 0. The molecule has 1 atom stereocenters. The van der Waals surface area contributed by atoms with Crippen LogP contribution in [0.5, 0.6) is 5.75 Å². The number of ether oxygens (including phenoxy) is 1. The first-order chi connectivity index (χ1) is 6.68. The second-order valence-corrected chi connectivity index (χ2v) is 4.03. The van der Waals surface area contributed by atoms with Crippen LogP contribution >= 0.6 is 0 Å². The molecule has 0 radical (unpaired) electrons. The van der Waals surface area contributed by atoms with Gasteiger partial charge in [0.1, 0.15) is 5.75 Å². The molecule has 74 valence electrons. The summed E-state index contributed by atoms with van der Waals surface area (Å²) in [5, 5.41) is 0. The minimum atomic E-state index is -0.259. The number of para-hydroxylation sites is 1. The Balaban J connectivity index is 2.31. The first-order valence-electron chi connectivity index (χ1n) is 4.96. The van der Waals surface area contributed by atoms with Crippen molar-refractivity contribution in [2.45, 2.75) is 26.4 Å². The van der Waals surface area contributed by atoms with E-state index in [1.165, 1.54) is 0 Å². The lowest BCUT2D eigenvalue weighted by Gasteiger charge is -2.27. The normalized spacial score (nSPS) is 20.5. The van der Waals surface area contributed by atoms with Crippen LogP contribution in [0.1, 0.15) is 19.4 Å². The van der Waals surface area contributed by atoms with Crippen LogP contribution in [0.15, 0.2) is 24.3 Å². The SMILES string of the molecule is CC(C)C1Oc2ccccc2CC1=O. The fourth-order valence-electron chi connectivity index (χ4n) is 1.76. The van der Waals surface area contributed by atoms with Crippen molar-refractivity contribution >= 4 is 5.78 Å². The summed E-state index contributed by atoms with van der Waals surface area (Å²) in [6, 6.07) is 7.75. The van der Waals surface area contributed by atoms with Crippen molar-refractivity contribution < 1.29 is 9.53 Å². The van der Waals surface area contributed by atoms with Crippen LogP contribution in [0.25, 0.3) is 0 Å². The van der Waals surface area contributed by atoms with Crippen LogP contribution < -0.4 is 4.74 Å². The molecule has 0 bridgehead atoms. The van der Waals surface area contributed by atoms with Crippen LogP contribution in [0, 0.1) is 5.92 Å². The van der Waals surface area contributed by atoms with E-state index in [2.05, 4.69) is 0 Å². The highest BCUT2D eigenvalue weighted by atomic mass is 16.5. The van der Waals surface area contributed by atoms with Gasteiger partial charge in [-0.1, -0.05) is 32.0 Å². The molecule has 1 aliphatic heterocycles. The molecule has 1 aromatic rings. The van der Waals surface area contributed by atoms with Crippen molar-refractivity contribution in [1.29, 1.82) is 0 Å². The number of carbonyl (C=O) groups is 1.